The maximum Gasteiger partial charge on any atom is 0.252 e. The van der Waals surface area contributed by atoms with Crippen molar-refractivity contribution in [1.29, 1.82) is 0 Å². The third-order valence-electron chi connectivity index (χ3n) is 1.21. The van der Waals surface area contributed by atoms with Crippen LogP contribution in [0.1, 0.15) is 10.4 Å². The zero-order valence-corrected chi connectivity index (χ0v) is 8.67. The molecule has 1 rings (SSSR count). The molecule has 0 amide bonds. The average Bonchev–Trinajstić information content (AvgIpc) is 1.99. The second-order valence-electron chi connectivity index (χ2n) is 2.03. The van der Waals surface area contributed by atoms with E-state index >= 15 is 0 Å². The van der Waals surface area contributed by atoms with Gasteiger partial charge in [0.2, 0.25) is 0 Å². The van der Waals surface area contributed by atoms with Crippen molar-refractivity contribution in [2.75, 3.05) is 0 Å². The van der Waals surface area contributed by atoms with Crippen LogP contribution in [0.4, 0.5) is 4.39 Å². The van der Waals surface area contributed by atoms with Gasteiger partial charge in [-0.1, -0.05) is 11.6 Å². The lowest BCUT2D eigenvalue weighted by molar-refractivity contribution is 0.108. The molecule has 0 radical (unpaired) electrons. The Bertz CT molecular complexity index is 317. The van der Waals surface area contributed by atoms with E-state index in [-0.39, 0.29) is 10.6 Å². The molecule has 0 N–H and O–H groups in total. The first-order valence-electron chi connectivity index (χ1n) is 2.86. The summed E-state index contributed by atoms with van der Waals surface area (Å²) in [5.41, 5.74) is 0.0745. The summed E-state index contributed by atoms with van der Waals surface area (Å²) in [6, 6.07) is 2.35. The molecular weight excluding hydrogens is 270 g/mol. The van der Waals surface area contributed by atoms with E-state index in [1.165, 1.54) is 6.07 Å². The molecule has 0 saturated heterocycles. The summed E-state index contributed by atoms with van der Waals surface area (Å²) in [7, 11) is 0. The summed E-state index contributed by atoms with van der Waals surface area (Å²) in [4.78, 5) is 10.6. The van der Waals surface area contributed by atoms with Crippen LogP contribution < -0.4 is 0 Å². The van der Waals surface area contributed by atoms with Gasteiger partial charge in [0.25, 0.3) is 5.24 Å². The fourth-order valence-electron chi connectivity index (χ4n) is 0.669. The molecule has 0 aliphatic heterocycles. The molecule has 1 aromatic rings. The maximum absolute atomic E-state index is 12.8. The molecular formula is C7H2BrCl2FO. The Labute approximate surface area is 86.6 Å². The predicted octanol–water partition coefficient (Wildman–Crippen LogP) is 3.62. The molecule has 0 aromatic heterocycles. The maximum atomic E-state index is 12.8. The molecule has 0 fully saturated rings. The summed E-state index contributed by atoms with van der Waals surface area (Å²) in [5, 5.41) is -0.775. The number of rotatable bonds is 1. The minimum atomic E-state index is -0.716. The third kappa shape index (κ3) is 1.97. The monoisotopic (exact) mass is 270 g/mol. The van der Waals surface area contributed by atoms with Crippen LogP contribution in [0.5, 0.6) is 0 Å². The topological polar surface area (TPSA) is 17.1 Å². The summed E-state index contributed by atoms with van der Waals surface area (Å²) in [6.07, 6.45) is 0. The SMILES string of the molecule is O=C(Cl)c1cc(F)c(Cl)c(Br)c1. The molecule has 0 unspecified atom stereocenters. The largest absolute Gasteiger partial charge is 0.276 e. The Kier molecular flexibility index (Phi) is 3.09. The van der Waals surface area contributed by atoms with Crippen molar-refractivity contribution >= 4 is 44.4 Å². The van der Waals surface area contributed by atoms with Crippen molar-refractivity contribution in [3.05, 3.63) is 33.0 Å². The minimum absolute atomic E-state index is 0.0586. The zero-order chi connectivity index (χ0) is 9.30. The predicted molar refractivity (Wildman–Crippen MR) is 49.3 cm³/mol. The van der Waals surface area contributed by atoms with Crippen LogP contribution in [-0.2, 0) is 0 Å². The Morgan fingerprint density at radius 3 is 2.50 bits per heavy atom. The highest BCUT2D eigenvalue weighted by atomic mass is 79.9. The van der Waals surface area contributed by atoms with Crippen LogP contribution in [0.15, 0.2) is 16.6 Å². The van der Waals surface area contributed by atoms with Gasteiger partial charge >= 0.3 is 0 Å². The molecule has 1 nitrogen and oxygen atoms in total. The summed E-state index contributed by atoms with van der Waals surface area (Å²) >= 11 is 13.6. The molecule has 0 spiro atoms. The normalized spacial score (nSPS) is 10.0. The van der Waals surface area contributed by atoms with Gasteiger partial charge in [-0.2, -0.15) is 0 Å². The fourth-order valence-corrected chi connectivity index (χ4v) is 1.32. The quantitative estimate of drug-likeness (QED) is 0.563. The molecule has 0 aliphatic carbocycles. The van der Waals surface area contributed by atoms with E-state index in [2.05, 4.69) is 15.9 Å². The second kappa shape index (κ2) is 3.73. The van der Waals surface area contributed by atoms with Gasteiger partial charge in [0.05, 0.1) is 5.02 Å². The standard InChI is InChI=1S/C7H2BrCl2FO/c8-4-1-3(7(10)12)2-5(11)6(4)9/h1-2H. The average molecular weight is 272 g/mol. The van der Waals surface area contributed by atoms with E-state index in [1.807, 2.05) is 0 Å². The Hall–Kier alpha value is -0.120. The lowest BCUT2D eigenvalue weighted by atomic mass is 10.2. The van der Waals surface area contributed by atoms with Crippen molar-refractivity contribution in [2.45, 2.75) is 0 Å². The van der Waals surface area contributed by atoms with Gasteiger partial charge in [-0.3, -0.25) is 4.79 Å². The van der Waals surface area contributed by atoms with E-state index < -0.39 is 11.1 Å². The van der Waals surface area contributed by atoms with Gasteiger partial charge in [-0.25, -0.2) is 4.39 Å². The van der Waals surface area contributed by atoms with E-state index in [9.17, 15) is 9.18 Å². The molecule has 0 atom stereocenters. The van der Waals surface area contributed by atoms with Crippen LogP contribution in [0, 0.1) is 5.82 Å². The molecule has 0 bridgehead atoms. The summed E-state index contributed by atoms with van der Waals surface area (Å²) < 4.78 is 13.1. The molecule has 0 saturated carbocycles. The van der Waals surface area contributed by atoms with Crippen molar-refractivity contribution in [2.24, 2.45) is 0 Å². The van der Waals surface area contributed by atoms with E-state index in [0.717, 1.165) is 6.07 Å². The fraction of sp³-hybridized carbons (Fsp3) is 0. The highest BCUT2D eigenvalue weighted by Gasteiger charge is 2.10. The number of hydrogen-bond acceptors (Lipinski definition) is 1. The first-order valence-corrected chi connectivity index (χ1v) is 4.41. The van der Waals surface area contributed by atoms with Crippen molar-refractivity contribution in [3.8, 4) is 0 Å². The summed E-state index contributed by atoms with van der Waals surface area (Å²) in [6.45, 7) is 0. The van der Waals surface area contributed by atoms with Crippen LogP contribution in [0.25, 0.3) is 0 Å². The van der Waals surface area contributed by atoms with E-state index in [1.54, 1.807) is 0 Å². The second-order valence-corrected chi connectivity index (χ2v) is 3.60. The van der Waals surface area contributed by atoms with Crippen molar-refractivity contribution in [3.63, 3.8) is 0 Å². The van der Waals surface area contributed by atoms with Gasteiger partial charge in [-0.05, 0) is 39.7 Å². The molecule has 0 aliphatic rings. The molecule has 64 valence electrons. The molecule has 0 heterocycles. The van der Waals surface area contributed by atoms with Gasteiger partial charge in [0, 0.05) is 10.0 Å². The smallest absolute Gasteiger partial charge is 0.252 e. The molecule has 12 heavy (non-hydrogen) atoms. The Balaban J connectivity index is 3.31. The third-order valence-corrected chi connectivity index (χ3v) is 2.67. The highest BCUT2D eigenvalue weighted by molar-refractivity contribution is 9.10. The number of carbonyl (C=O) groups excluding carboxylic acids is 1. The Morgan fingerprint density at radius 2 is 2.08 bits per heavy atom. The van der Waals surface area contributed by atoms with E-state index in [4.69, 9.17) is 23.2 Å². The van der Waals surface area contributed by atoms with Crippen molar-refractivity contribution < 1.29 is 9.18 Å². The van der Waals surface area contributed by atoms with Gasteiger partial charge in [0.1, 0.15) is 5.82 Å². The number of hydrogen-bond donors (Lipinski definition) is 0. The molecule has 1 aromatic carbocycles. The van der Waals surface area contributed by atoms with Gasteiger partial charge < -0.3 is 0 Å². The minimum Gasteiger partial charge on any atom is -0.276 e. The van der Waals surface area contributed by atoms with Crippen LogP contribution in [0.3, 0.4) is 0 Å². The zero-order valence-electron chi connectivity index (χ0n) is 5.57. The molecule has 5 heteroatoms. The number of benzene rings is 1. The van der Waals surface area contributed by atoms with Crippen LogP contribution in [-0.4, -0.2) is 5.24 Å². The summed E-state index contributed by atoms with van der Waals surface area (Å²) in [5.74, 6) is -0.671. The van der Waals surface area contributed by atoms with Gasteiger partial charge in [0.15, 0.2) is 0 Å². The first kappa shape index (κ1) is 9.96. The Morgan fingerprint density at radius 1 is 1.50 bits per heavy atom. The van der Waals surface area contributed by atoms with Crippen LogP contribution >= 0.6 is 39.1 Å². The highest BCUT2D eigenvalue weighted by Crippen LogP contribution is 2.27. The van der Waals surface area contributed by atoms with Crippen molar-refractivity contribution in [1.82, 2.24) is 0 Å². The lowest BCUT2D eigenvalue weighted by Crippen LogP contribution is -1.91. The van der Waals surface area contributed by atoms with Crippen LogP contribution in [0.2, 0.25) is 5.02 Å². The lowest BCUT2D eigenvalue weighted by Gasteiger charge is -1.99. The first-order chi connectivity index (χ1) is 5.52. The van der Waals surface area contributed by atoms with E-state index in [0.29, 0.717) is 4.47 Å². The number of carbonyl (C=O) groups is 1. The van der Waals surface area contributed by atoms with Gasteiger partial charge in [-0.15, -0.1) is 0 Å². The number of halogens is 4.